The van der Waals surface area contributed by atoms with Crippen molar-refractivity contribution in [2.75, 3.05) is 11.4 Å². The number of pyridine rings is 2. The quantitative estimate of drug-likeness (QED) is 0.395. The zero-order chi connectivity index (χ0) is 24.3. The van der Waals surface area contributed by atoms with Crippen molar-refractivity contribution < 1.29 is 9.05 Å². The van der Waals surface area contributed by atoms with Gasteiger partial charge in [-0.2, -0.15) is 0 Å². The van der Waals surface area contributed by atoms with Crippen molar-refractivity contribution in [3.8, 4) is 22.8 Å². The van der Waals surface area contributed by atoms with E-state index in [4.69, 9.17) is 30.6 Å². The van der Waals surface area contributed by atoms with E-state index in [-0.39, 0.29) is 11.9 Å². The maximum Gasteiger partial charge on any atom is 0.439 e. The molecule has 12 heteroatoms. The Morgan fingerprint density at radius 1 is 1.14 bits per heavy atom. The number of hydrogen-bond acceptors (Lipinski definition) is 9. The lowest BCUT2D eigenvalue weighted by Gasteiger charge is -2.25. The Bertz CT molecular complexity index is 1610. The molecule has 35 heavy (non-hydrogen) atoms. The van der Waals surface area contributed by atoms with Gasteiger partial charge in [0.2, 0.25) is 11.8 Å². The second kappa shape index (κ2) is 8.05. The van der Waals surface area contributed by atoms with Gasteiger partial charge in [-0.25, -0.2) is 14.8 Å². The maximum absolute atomic E-state index is 11.6. The number of aromatic nitrogens is 7. The molecule has 0 spiro atoms. The van der Waals surface area contributed by atoms with Gasteiger partial charge in [-0.3, -0.25) is 14.5 Å². The Morgan fingerprint density at radius 2 is 2.00 bits per heavy atom. The Labute approximate surface area is 203 Å². The van der Waals surface area contributed by atoms with E-state index < -0.39 is 5.76 Å². The second-order valence-corrected chi connectivity index (χ2v) is 9.06. The molecule has 11 nitrogen and oxygen atoms in total. The van der Waals surface area contributed by atoms with Crippen molar-refractivity contribution >= 4 is 28.6 Å². The summed E-state index contributed by atoms with van der Waals surface area (Å²) in [5, 5.41) is 8.45. The summed E-state index contributed by atoms with van der Waals surface area (Å²) in [5.74, 6) is 1.18. The van der Waals surface area contributed by atoms with Crippen LogP contribution in [0.15, 0.2) is 38.4 Å². The van der Waals surface area contributed by atoms with Crippen molar-refractivity contribution in [3.63, 3.8) is 0 Å². The van der Waals surface area contributed by atoms with E-state index in [0.717, 1.165) is 47.9 Å². The number of nitrogens with zero attached hydrogens (tertiary/aromatic N) is 7. The van der Waals surface area contributed by atoms with E-state index in [1.165, 1.54) is 0 Å². The van der Waals surface area contributed by atoms with Gasteiger partial charge >= 0.3 is 5.76 Å². The summed E-state index contributed by atoms with van der Waals surface area (Å²) >= 11 is 6.25. The predicted octanol–water partition coefficient (Wildman–Crippen LogP) is 3.97. The average Bonchev–Trinajstić information content (AvgIpc) is 3.61. The van der Waals surface area contributed by atoms with Crippen LogP contribution in [0.3, 0.4) is 0 Å². The van der Waals surface area contributed by atoms with Gasteiger partial charge < -0.3 is 14.0 Å². The topological polar surface area (TPSA) is 132 Å². The highest BCUT2D eigenvalue weighted by Crippen LogP contribution is 2.40. The molecule has 1 N–H and O–H groups in total. The first-order valence-corrected chi connectivity index (χ1v) is 11.5. The van der Waals surface area contributed by atoms with Gasteiger partial charge in [0.05, 0.1) is 33.5 Å². The number of rotatable bonds is 4. The predicted molar refractivity (Wildman–Crippen MR) is 128 cm³/mol. The van der Waals surface area contributed by atoms with E-state index in [1.807, 2.05) is 25.5 Å². The molecule has 0 amide bonds. The highest BCUT2D eigenvalue weighted by Gasteiger charge is 2.34. The third-order valence-corrected chi connectivity index (χ3v) is 6.63. The first kappa shape index (κ1) is 21.5. The fraction of sp³-hybridized carbons (Fsp3) is 0.304. The number of aryl methyl sites for hydroxylation is 3. The third-order valence-electron chi connectivity index (χ3n) is 6.42. The normalized spacial score (nSPS) is 16.0. The number of anilines is 1. The zero-order valence-electron chi connectivity index (χ0n) is 19.2. The van der Waals surface area contributed by atoms with Gasteiger partial charge in [0, 0.05) is 37.1 Å². The lowest BCUT2D eigenvalue weighted by Crippen LogP contribution is -2.26. The molecule has 1 fully saturated rings. The van der Waals surface area contributed by atoms with Crippen LogP contribution in [0, 0.1) is 13.8 Å². The second-order valence-electron chi connectivity index (χ2n) is 8.62. The molecule has 0 radical (unpaired) electrons. The Morgan fingerprint density at radius 3 is 2.71 bits per heavy atom. The minimum atomic E-state index is -0.658. The summed E-state index contributed by atoms with van der Waals surface area (Å²) in [6, 6.07) is 3.68. The van der Waals surface area contributed by atoms with Crippen LogP contribution in [0.4, 0.5) is 5.95 Å². The van der Waals surface area contributed by atoms with Gasteiger partial charge in [0.25, 0.3) is 0 Å². The molecule has 5 aromatic rings. The first-order chi connectivity index (χ1) is 16.9. The van der Waals surface area contributed by atoms with Crippen LogP contribution in [-0.2, 0) is 7.05 Å². The van der Waals surface area contributed by atoms with Crippen LogP contribution in [0.1, 0.15) is 35.9 Å². The molecule has 1 atom stereocenters. The lowest BCUT2D eigenvalue weighted by molar-refractivity contribution is 0.388. The molecule has 0 bridgehead atoms. The first-order valence-electron chi connectivity index (χ1n) is 11.1. The number of nitrogens with one attached hydrogen (secondary N) is 1. The van der Waals surface area contributed by atoms with Gasteiger partial charge in [0.15, 0.2) is 0 Å². The van der Waals surface area contributed by atoms with Crippen LogP contribution in [0.2, 0.25) is 5.02 Å². The number of H-pyrrole nitrogens is 1. The molecule has 0 aliphatic carbocycles. The summed E-state index contributed by atoms with van der Waals surface area (Å²) in [6.07, 6.45) is 5.25. The van der Waals surface area contributed by atoms with E-state index in [2.05, 4.69) is 25.2 Å². The Hall–Kier alpha value is -3.99. The zero-order valence-corrected chi connectivity index (χ0v) is 20.0. The van der Waals surface area contributed by atoms with Crippen molar-refractivity contribution in [1.29, 1.82) is 0 Å². The number of hydrogen-bond donors (Lipinski definition) is 1. The van der Waals surface area contributed by atoms with Crippen molar-refractivity contribution in [2.45, 2.75) is 32.7 Å². The summed E-state index contributed by atoms with van der Waals surface area (Å²) in [7, 11) is 1.97. The van der Waals surface area contributed by atoms with Crippen LogP contribution < -0.4 is 10.7 Å². The smallest absolute Gasteiger partial charge is 0.361 e. The molecule has 0 aromatic carbocycles. The summed E-state index contributed by atoms with van der Waals surface area (Å²) < 4.78 is 12.2. The van der Waals surface area contributed by atoms with Gasteiger partial charge in [-0.15, -0.1) is 0 Å². The molecule has 6 rings (SSSR count). The molecule has 1 saturated heterocycles. The summed E-state index contributed by atoms with van der Waals surface area (Å²) in [4.78, 5) is 30.5. The van der Waals surface area contributed by atoms with E-state index >= 15 is 0 Å². The highest BCUT2D eigenvalue weighted by molar-refractivity contribution is 6.30. The van der Waals surface area contributed by atoms with Crippen molar-refractivity contribution in [1.82, 2.24) is 34.8 Å². The van der Waals surface area contributed by atoms with Crippen molar-refractivity contribution in [3.05, 3.63) is 57.1 Å². The van der Waals surface area contributed by atoms with E-state index in [9.17, 15) is 4.79 Å². The standard InChI is InChI=1S/C23H21ClN8O3/c1-11-18(12(2)34-29-11)17-5-4-6-32(17)22-27-15-8-16(21-28-23(33)35-30-21)26-19(20(15)31(22)3)13-7-14(24)10-25-9-13/h7-10,17H,4-6H2,1-3H3,(H,28,30,33). The molecular formula is C23H21ClN8O3. The fourth-order valence-electron chi connectivity index (χ4n) is 4.96. The fourth-order valence-corrected chi connectivity index (χ4v) is 5.13. The van der Waals surface area contributed by atoms with Crippen LogP contribution in [-0.4, -0.2) is 41.4 Å². The molecule has 1 unspecified atom stereocenters. The molecular weight excluding hydrogens is 472 g/mol. The maximum atomic E-state index is 11.6. The minimum absolute atomic E-state index is 0.104. The highest BCUT2D eigenvalue weighted by atomic mass is 35.5. The van der Waals surface area contributed by atoms with Crippen LogP contribution in [0.5, 0.6) is 0 Å². The van der Waals surface area contributed by atoms with Crippen molar-refractivity contribution in [2.24, 2.45) is 7.05 Å². The SMILES string of the molecule is Cc1noc(C)c1C1CCCN1c1nc2cc(-c3noc(=O)[nH]3)nc(-c3cncc(Cl)c3)c2n1C. The Kier molecular flexibility index (Phi) is 4.95. The van der Waals surface area contributed by atoms with Gasteiger partial charge in [0.1, 0.15) is 11.5 Å². The molecule has 6 heterocycles. The number of aromatic amines is 1. The Balaban J connectivity index is 1.57. The molecule has 178 valence electrons. The average molecular weight is 493 g/mol. The monoisotopic (exact) mass is 492 g/mol. The molecule has 1 aliphatic rings. The molecule has 1 aliphatic heterocycles. The van der Waals surface area contributed by atoms with E-state index in [0.29, 0.717) is 27.5 Å². The van der Waals surface area contributed by atoms with Gasteiger partial charge in [-0.05, 0) is 38.8 Å². The number of halogens is 1. The molecule has 0 saturated carbocycles. The third kappa shape index (κ3) is 3.50. The summed E-state index contributed by atoms with van der Waals surface area (Å²) in [5.41, 5.74) is 5.25. The minimum Gasteiger partial charge on any atom is -0.361 e. The lowest BCUT2D eigenvalue weighted by atomic mass is 10.0. The molecule has 5 aromatic heterocycles. The number of imidazole rings is 1. The largest absolute Gasteiger partial charge is 0.439 e. The van der Waals surface area contributed by atoms with Crippen LogP contribution >= 0.6 is 11.6 Å². The summed E-state index contributed by atoms with van der Waals surface area (Å²) in [6.45, 7) is 4.76. The van der Waals surface area contributed by atoms with Gasteiger partial charge in [-0.1, -0.05) is 21.9 Å². The van der Waals surface area contributed by atoms with Crippen LogP contribution in [0.25, 0.3) is 33.8 Å². The number of fused-ring (bicyclic) bond motifs is 1. The van der Waals surface area contributed by atoms with E-state index in [1.54, 1.807) is 24.5 Å².